The molecule has 2 rings (SSSR count). The Morgan fingerprint density at radius 3 is 2.83 bits per heavy atom. The Morgan fingerprint density at radius 2 is 2.11 bits per heavy atom. The number of benzene rings is 1. The average molecular weight is 266 g/mol. The predicted octanol–water partition coefficient (Wildman–Crippen LogP) is 1.69. The maximum atomic E-state index is 11.1. The topological polar surface area (TPSA) is 62.0 Å². The highest BCUT2D eigenvalue weighted by molar-refractivity contribution is 7.90. The van der Waals surface area contributed by atoms with Crippen LogP contribution in [0.1, 0.15) is 12.5 Å². The third-order valence-corrected chi connectivity index (χ3v) is 3.93. The fourth-order valence-corrected chi connectivity index (χ4v) is 3.04. The summed E-state index contributed by atoms with van der Waals surface area (Å²) in [6, 6.07) is 8.17. The minimum atomic E-state index is -2.92. The average Bonchev–Trinajstić information content (AvgIpc) is 2.71. The Kier molecular flexibility index (Phi) is 3.73. The molecule has 2 aromatic rings. The van der Waals surface area contributed by atoms with Crippen LogP contribution in [0, 0.1) is 0 Å². The summed E-state index contributed by atoms with van der Waals surface area (Å²) in [6.45, 7) is 2.56. The molecule has 1 atom stereocenters. The van der Waals surface area contributed by atoms with Crippen molar-refractivity contribution in [2.75, 3.05) is 12.0 Å². The van der Waals surface area contributed by atoms with Gasteiger partial charge >= 0.3 is 0 Å². The van der Waals surface area contributed by atoms with E-state index < -0.39 is 9.84 Å². The summed E-state index contributed by atoms with van der Waals surface area (Å²) in [5.74, 6) is 0.164. The van der Waals surface area contributed by atoms with Crippen LogP contribution in [0.2, 0.25) is 0 Å². The van der Waals surface area contributed by atoms with Gasteiger partial charge in [-0.1, -0.05) is 12.1 Å². The Labute approximate surface area is 107 Å². The first-order valence-corrected chi connectivity index (χ1v) is 7.97. The van der Waals surface area contributed by atoms with Crippen LogP contribution in [0.25, 0.3) is 10.9 Å². The number of hydrogen-bond donors (Lipinski definition) is 2. The highest BCUT2D eigenvalue weighted by atomic mass is 32.2. The summed E-state index contributed by atoms with van der Waals surface area (Å²) in [7, 11) is -2.92. The molecular formula is C13H18N2O2S. The van der Waals surface area contributed by atoms with Gasteiger partial charge in [-0.3, -0.25) is 0 Å². The molecule has 0 fully saturated rings. The summed E-state index contributed by atoms with van der Waals surface area (Å²) < 4.78 is 22.3. The van der Waals surface area contributed by atoms with Crippen LogP contribution in [-0.2, 0) is 16.4 Å². The zero-order chi connectivity index (χ0) is 13.2. The van der Waals surface area contributed by atoms with Gasteiger partial charge in [-0.25, -0.2) is 8.42 Å². The molecule has 0 radical (unpaired) electrons. The zero-order valence-electron chi connectivity index (χ0n) is 10.6. The van der Waals surface area contributed by atoms with Gasteiger partial charge in [0.25, 0.3) is 0 Å². The zero-order valence-corrected chi connectivity index (χ0v) is 11.4. The van der Waals surface area contributed by atoms with Gasteiger partial charge in [0.15, 0.2) is 0 Å². The monoisotopic (exact) mass is 266 g/mol. The van der Waals surface area contributed by atoms with Crippen LogP contribution < -0.4 is 5.32 Å². The summed E-state index contributed by atoms with van der Waals surface area (Å²) in [4.78, 5) is 3.16. The summed E-state index contributed by atoms with van der Waals surface area (Å²) >= 11 is 0. The molecule has 4 nitrogen and oxygen atoms in total. The fourth-order valence-electron chi connectivity index (χ4n) is 2.01. The molecule has 18 heavy (non-hydrogen) atoms. The molecule has 0 aliphatic heterocycles. The van der Waals surface area contributed by atoms with Gasteiger partial charge in [-0.2, -0.15) is 0 Å². The highest BCUT2D eigenvalue weighted by Gasteiger charge is 2.09. The van der Waals surface area contributed by atoms with Crippen LogP contribution in [-0.4, -0.2) is 31.5 Å². The van der Waals surface area contributed by atoms with E-state index in [9.17, 15) is 8.42 Å². The van der Waals surface area contributed by atoms with E-state index >= 15 is 0 Å². The van der Waals surface area contributed by atoms with Crippen LogP contribution in [0.3, 0.4) is 0 Å². The van der Waals surface area contributed by atoms with Gasteiger partial charge in [-0.15, -0.1) is 0 Å². The van der Waals surface area contributed by atoms with Crippen molar-refractivity contribution >= 4 is 20.7 Å². The molecule has 0 saturated heterocycles. The van der Waals surface area contributed by atoms with Gasteiger partial charge in [0.2, 0.25) is 0 Å². The lowest BCUT2D eigenvalue weighted by Gasteiger charge is -2.12. The maximum absolute atomic E-state index is 11.1. The SMILES string of the molecule is CC(CS(C)(=O)=O)NCc1ccc2cc[nH]c2c1. The first-order chi connectivity index (χ1) is 8.44. The van der Waals surface area contributed by atoms with Crippen LogP contribution in [0.15, 0.2) is 30.5 Å². The normalized spacial score (nSPS) is 13.9. The third-order valence-electron chi connectivity index (χ3n) is 2.83. The quantitative estimate of drug-likeness (QED) is 0.865. The van der Waals surface area contributed by atoms with Crippen molar-refractivity contribution in [3.8, 4) is 0 Å². The summed E-state index contributed by atoms with van der Waals surface area (Å²) in [5, 5.41) is 4.40. The Bertz CT molecular complexity index is 631. The molecule has 0 saturated carbocycles. The van der Waals surface area contributed by atoms with Crippen molar-refractivity contribution in [2.24, 2.45) is 0 Å². The van der Waals surface area contributed by atoms with Gasteiger partial charge < -0.3 is 10.3 Å². The predicted molar refractivity (Wildman–Crippen MR) is 74.3 cm³/mol. The molecule has 1 aromatic carbocycles. The lowest BCUT2D eigenvalue weighted by molar-refractivity contribution is 0.560. The second-order valence-electron chi connectivity index (χ2n) is 4.77. The summed E-state index contributed by atoms with van der Waals surface area (Å²) in [6.07, 6.45) is 3.17. The molecule has 0 spiro atoms. The molecule has 1 aromatic heterocycles. The fraction of sp³-hybridized carbons (Fsp3) is 0.385. The van der Waals surface area contributed by atoms with Crippen molar-refractivity contribution in [1.29, 1.82) is 0 Å². The summed E-state index contributed by atoms with van der Waals surface area (Å²) in [5.41, 5.74) is 2.25. The van der Waals surface area contributed by atoms with Gasteiger partial charge in [-0.05, 0) is 30.0 Å². The molecule has 0 aliphatic carbocycles. The van der Waals surface area contributed by atoms with E-state index in [1.165, 1.54) is 11.6 Å². The number of rotatable bonds is 5. The van der Waals surface area contributed by atoms with E-state index in [0.717, 1.165) is 11.1 Å². The molecule has 5 heteroatoms. The Hall–Kier alpha value is -1.33. The van der Waals surface area contributed by atoms with Crippen molar-refractivity contribution in [3.05, 3.63) is 36.0 Å². The highest BCUT2D eigenvalue weighted by Crippen LogP contribution is 2.14. The molecular weight excluding hydrogens is 248 g/mol. The minimum absolute atomic E-state index is 0.0423. The number of H-pyrrole nitrogens is 1. The lowest BCUT2D eigenvalue weighted by atomic mass is 10.1. The van der Waals surface area contributed by atoms with E-state index in [2.05, 4.69) is 28.5 Å². The number of fused-ring (bicyclic) bond motifs is 1. The van der Waals surface area contributed by atoms with E-state index in [4.69, 9.17) is 0 Å². The maximum Gasteiger partial charge on any atom is 0.148 e. The van der Waals surface area contributed by atoms with Crippen LogP contribution in [0.5, 0.6) is 0 Å². The minimum Gasteiger partial charge on any atom is -0.361 e. The Morgan fingerprint density at radius 1 is 1.33 bits per heavy atom. The van der Waals surface area contributed by atoms with Crippen molar-refractivity contribution in [1.82, 2.24) is 10.3 Å². The Balaban J connectivity index is 1.97. The standard InChI is InChI=1S/C13H18N2O2S/c1-10(9-18(2,16)17)15-8-11-3-4-12-5-6-14-13(12)7-11/h3-7,10,14-15H,8-9H2,1-2H3. The number of aromatic nitrogens is 1. The number of nitrogens with one attached hydrogen (secondary N) is 2. The van der Waals surface area contributed by atoms with E-state index in [1.807, 2.05) is 19.2 Å². The van der Waals surface area contributed by atoms with E-state index in [-0.39, 0.29) is 11.8 Å². The number of aromatic amines is 1. The second-order valence-corrected chi connectivity index (χ2v) is 6.96. The molecule has 0 aliphatic rings. The van der Waals surface area contributed by atoms with Gasteiger partial charge in [0, 0.05) is 30.6 Å². The molecule has 98 valence electrons. The molecule has 1 heterocycles. The third kappa shape index (κ3) is 3.58. The molecule has 0 amide bonds. The van der Waals surface area contributed by atoms with Crippen molar-refractivity contribution in [2.45, 2.75) is 19.5 Å². The van der Waals surface area contributed by atoms with Crippen molar-refractivity contribution in [3.63, 3.8) is 0 Å². The van der Waals surface area contributed by atoms with Crippen molar-refractivity contribution < 1.29 is 8.42 Å². The van der Waals surface area contributed by atoms with Crippen LogP contribution in [0.4, 0.5) is 0 Å². The molecule has 0 bridgehead atoms. The van der Waals surface area contributed by atoms with Gasteiger partial charge in [0.1, 0.15) is 9.84 Å². The number of sulfone groups is 1. The van der Waals surface area contributed by atoms with Crippen LogP contribution >= 0.6 is 0 Å². The van der Waals surface area contributed by atoms with E-state index in [1.54, 1.807) is 0 Å². The lowest BCUT2D eigenvalue weighted by Crippen LogP contribution is -2.32. The first kappa shape index (κ1) is 13.1. The van der Waals surface area contributed by atoms with Gasteiger partial charge in [0.05, 0.1) is 5.75 Å². The second kappa shape index (κ2) is 5.12. The molecule has 2 N–H and O–H groups in total. The number of hydrogen-bond acceptors (Lipinski definition) is 3. The van der Waals surface area contributed by atoms with E-state index in [0.29, 0.717) is 6.54 Å². The first-order valence-electron chi connectivity index (χ1n) is 5.91. The molecule has 1 unspecified atom stereocenters. The smallest absolute Gasteiger partial charge is 0.148 e. The largest absolute Gasteiger partial charge is 0.361 e.